The van der Waals surface area contributed by atoms with Gasteiger partial charge in [-0.25, -0.2) is 36.8 Å². The predicted molar refractivity (Wildman–Crippen MR) is 270 cm³/mol. The third-order valence-corrected chi connectivity index (χ3v) is 13.5. The molecule has 0 spiro atoms. The fourth-order valence-electron chi connectivity index (χ4n) is 6.98. The molecule has 0 saturated carbocycles. The highest BCUT2D eigenvalue weighted by molar-refractivity contribution is 7.90. The van der Waals surface area contributed by atoms with Crippen LogP contribution in [0.5, 0.6) is 23.3 Å². The van der Waals surface area contributed by atoms with Crippen molar-refractivity contribution in [2.45, 2.75) is 56.3 Å². The van der Waals surface area contributed by atoms with E-state index in [-0.39, 0.29) is 70.1 Å². The summed E-state index contributed by atoms with van der Waals surface area (Å²) in [6.07, 6.45) is 8.01. The van der Waals surface area contributed by atoms with Crippen molar-refractivity contribution in [3.8, 4) is 35.6 Å². The standard InChI is InChI=1S/C19H15FN2O4.C14H10F4N4O7S.C8H6Cl2O3.C5H12NO4P/c1-2-7-21-15-9-14(13(20)8-16(15)26-10-17(21)23)22-18(24)11-5-3-4-6-12(11)19(22)25;15-11(16)28-8-5-9(29-12(17)18)20-13(19-8)21-14(25)22-30(26,27)7-4-2-1-3-6(7)10(23)24;1-13-7-5(10)3-2-4(9)6(7)8(11)12;1-11(9,10)3-2-4(6)5(7)8/h1,8-9H,3-7,10H2;1-5,11-12H,(H,23,24)(H2,19,20,21,22,25);2-3H,1H3,(H,11,12);4H,2-3,6H2,1H3,(H,7,8)(H,9,10). The number of methoxy groups -OCH3 is 1. The lowest BCUT2D eigenvalue weighted by Gasteiger charge is -2.29. The van der Waals surface area contributed by atoms with E-state index in [9.17, 15) is 68.5 Å². The van der Waals surface area contributed by atoms with Gasteiger partial charge in [-0.15, -0.1) is 6.42 Å². The quantitative estimate of drug-likeness (QED) is 0.0284. The third-order valence-electron chi connectivity index (χ3n) is 10.5. The van der Waals surface area contributed by atoms with Crippen LogP contribution in [-0.4, -0.2) is 133 Å². The van der Waals surface area contributed by atoms with Crippen LogP contribution in [0.1, 0.15) is 52.8 Å². The number of aromatic carboxylic acids is 2. The zero-order valence-electron chi connectivity index (χ0n) is 41.0. The number of hydrogen-bond acceptors (Lipinski definition) is 17. The van der Waals surface area contributed by atoms with Crippen LogP contribution in [0.15, 0.2) is 70.6 Å². The van der Waals surface area contributed by atoms with E-state index in [0.29, 0.717) is 30.1 Å². The Kier molecular flexibility index (Phi) is 22.6. The highest BCUT2D eigenvalue weighted by Gasteiger charge is 2.42. The Hall–Kier alpha value is -8.14. The lowest BCUT2D eigenvalue weighted by atomic mass is 9.93. The number of benzene rings is 3. The number of anilines is 3. The predicted octanol–water partition coefficient (Wildman–Crippen LogP) is 6.20. The molecule has 1 aliphatic carbocycles. The lowest BCUT2D eigenvalue weighted by molar-refractivity contribution is -0.138. The number of imide groups is 1. The van der Waals surface area contributed by atoms with E-state index < -0.39 is 106 Å². The number of carbonyl (C=O) groups excluding carboxylic acids is 4. The summed E-state index contributed by atoms with van der Waals surface area (Å²) in [4.78, 5) is 98.0. The van der Waals surface area contributed by atoms with Gasteiger partial charge in [0, 0.05) is 30.0 Å². The summed E-state index contributed by atoms with van der Waals surface area (Å²) in [6, 6.07) is 7.45. The zero-order chi connectivity index (χ0) is 60.0. The average molecular weight is 1210 g/mol. The molecule has 3 heterocycles. The van der Waals surface area contributed by atoms with E-state index in [2.05, 4.69) is 25.4 Å². The number of amides is 5. The average Bonchev–Trinajstić information content (AvgIpc) is 3.62. The topological polar surface area (TPSA) is 371 Å². The first-order valence-electron chi connectivity index (χ1n) is 22.2. The highest BCUT2D eigenvalue weighted by Crippen LogP contribution is 2.42. The minimum absolute atomic E-state index is 0.0170. The highest BCUT2D eigenvalue weighted by atomic mass is 35.5. The molecule has 2 unspecified atom stereocenters. The van der Waals surface area contributed by atoms with E-state index in [1.165, 1.54) is 53.7 Å². The number of fused-ring (bicyclic) bond motifs is 1. The second-order valence-electron chi connectivity index (χ2n) is 16.1. The number of nitrogens with two attached hydrogens (primary N) is 1. The summed E-state index contributed by atoms with van der Waals surface area (Å²) in [7, 11) is -6.48. The van der Waals surface area contributed by atoms with Crippen LogP contribution in [-0.2, 0) is 33.8 Å². The smallest absolute Gasteiger partial charge is 0.388 e. The lowest BCUT2D eigenvalue weighted by Crippen LogP contribution is -2.39. The van der Waals surface area contributed by atoms with Gasteiger partial charge in [-0.2, -0.15) is 27.5 Å². The maximum absolute atomic E-state index is 14.7. The van der Waals surface area contributed by atoms with Crippen LogP contribution in [0.3, 0.4) is 0 Å². The SMILES string of the molecule is C#CCN1C(=O)COc2cc(F)c(N3C(=O)C4=C(CCCC4)C3=O)cc21.COc1c(Cl)ccc(Cl)c1C(=O)O.CP(=O)(O)CCC(N)C(=O)O.O=C(Nc1nc(OC(F)F)cc(OC(F)F)n1)NS(=O)(=O)c1ccccc1C(=O)O. The zero-order valence-corrected chi connectivity index (χ0v) is 44.3. The van der Waals surface area contributed by atoms with Crippen molar-refractivity contribution in [1.82, 2.24) is 14.7 Å². The number of urea groups is 1. The Morgan fingerprint density at radius 3 is 1.95 bits per heavy atom. The first kappa shape index (κ1) is 64.4. The van der Waals surface area contributed by atoms with Crippen molar-refractivity contribution in [3.63, 3.8) is 0 Å². The van der Waals surface area contributed by atoms with Gasteiger partial charge in [-0.05, 0) is 62.4 Å². The number of nitrogens with one attached hydrogen (secondary N) is 2. The molecule has 3 aliphatic rings. The summed E-state index contributed by atoms with van der Waals surface area (Å²) < 4.78 is 118. The summed E-state index contributed by atoms with van der Waals surface area (Å²) in [5, 5.41) is 28.1. The summed E-state index contributed by atoms with van der Waals surface area (Å²) in [6.45, 7) is -5.90. The van der Waals surface area contributed by atoms with Crippen molar-refractivity contribution >= 4 is 99.6 Å². The molecule has 0 bridgehead atoms. The Balaban J connectivity index is 0.000000248. The van der Waals surface area contributed by atoms with Gasteiger partial charge in [-0.3, -0.25) is 34.0 Å². The number of sulfonamides is 1. The minimum atomic E-state index is -4.71. The van der Waals surface area contributed by atoms with Crippen LogP contribution in [0, 0.1) is 18.2 Å². The molecule has 0 fully saturated rings. The second kappa shape index (κ2) is 28.1. The monoisotopic (exact) mass is 1210 g/mol. The van der Waals surface area contributed by atoms with E-state index in [1.54, 1.807) is 5.32 Å². The van der Waals surface area contributed by atoms with Crippen molar-refractivity contribution < 1.29 is 108 Å². The minimum Gasteiger partial charge on any atom is -0.494 e. The molecule has 7 rings (SSSR count). The molecular weight excluding hydrogens is 1170 g/mol. The molecule has 8 N–H and O–H groups in total. The van der Waals surface area contributed by atoms with Crippen LogP contribution >= 0.6 is 30.6 Å². The summed E-state index contributed by atoms with van der Waals surface area (Å²) in [5.74, 6) is -6.27. The molecule has 1 aromatic heterocycles. The number of rotatable bonds is 16. The fraction of sp³-hybridized carbons (Fsp3) is 0.283. The Labute approximate surface area is 458 Å². The van der Waals surface area contributed by atoms with Crippen molar-refractivity contribution in [3.05, 3.63) is 92.7 Å². The number of aliphatic carboxylic acids is 1. The Bertz CT molecular complexity index is 3260. The molecule has 2 atom stereocenters. The molecule has 0 radical (unpaired) electrons. The molecule has 25 nitrogen and oxygen atoms in total. The number of carboxylic acid groups (broad SMARTS) is 3. The molecule has 2 aliphatic heterocycles. The van der Waals surface area contributed by atoms with Crippen LogP contribution in [0.2, 0.25) is 10.0 Å². The number of carbonyl (C=O) groups is 7. The van der Waals surface area contributed by atoms with Gasteiger partial charge in [-0.1, -0.05) is 41.3 Å². The second-order valence-corrected chi connectivity index (χ2v) is 21.1. The third kappa shape index (κ3) is 17.4. The Morgan fingerprint density at radius 1 is 0.900 bits per heavy atom. The van der Waals surface area contributed by atoms with Crippen molar-refractivity contribution in [2.24, 2.45) is 5.73 Å². The number of hydrogen-bond donors (Lipinski definition) is 7. The maximum atomic E-state index is 14.7. The van der Waals surface area contributed by atoms with Gasteiger partial charge < -0.3 is 44.9 Å². The first-order chi connectivity index (χ1) is 37.4. The van der Waals surface area contributed by atoms with Gasteiger partial charge in [0.2, 0.25) is 17.7 Å². The fourth-order valence-corrected chi connectivity index (χ4v) is 9.31. The molecule has 80 heavy (non-hydrogen) atoms. The molecule has 5 amide bonds. The molecular formula is C46H43Cl2F5N7O18PS. The Morgan fingerprint density at radius 2 is 1.46 bits per heavy atom. The van der Waals surface area contributed by atoms with Crippen LogP contribution in [0.25, 0.3) is 0 Å². The van der Waals surface area contributed by atoms with Gasteiger partial charge in [0.05, 0.1) is 46.7 Å². The van der Waals surface area contributed by atoms with Gasteiger partial charge in [0.25, 0.3) is 27.7 Å². The molecule has 0 saturated heterocycles. The van der Waals surface area contributed by atoms with Crippen molar-refractivity contribution in [2.75, 3.05) is 48.2 Å². The van der Waals surface area contributed by atoms with E-state index >= 15 is 0 Å². The number of alkyl halides is 4. The number of terminal acetylenes is 1. The molecule has 430 valence electrons. The van der Waals surface area contributed by atoms with Crippen LogP contribution in [0.4, 0.5) is 44.1 Å². The molecule has 3 aromatic carbocycles. The number of ether oxygens (including phenoxy) is 4. The number of aromatic nitrogens is 2. The van der Waals surface area contributed by atoms with E-state index in [0.717, 1.165) is 35.9 Å². The largest absolute Gasteiger partial charge is 0.494 e. The van der Waals surface area contributed by atoms with Gasteiger partial charge in [0.15, 0.2) is 25.5 Å². The number of nitrogens with zero attached hydrogens (tertiary/aromatic N) is 4. The van der Waals surface area contributed by atoms with Gasteiger partial charge >= 0.3 is 37.2 Å². The molecule has 4 aromatic rings. The first-order valence-corrected chi connectivity index (χ1v) is 26.7. The van der Waals surface area contributed by atoms with Crippen molar-refractivity contribution in [1.29, 1.82) is 0 Å². The number of halogens is 7. The van der Waals surface area contributed by atoms with Gasteiger partial charge in [0.1, 0.15) is 22.3 Å². The summed E-state index contributed by atoms with van der Waals surface area (Å²) in [5.41, 5.74) is 5.33. The summed E-state index contributed by atoms with van der Waals surface area (Å²) >= 11 is 11.4. The number of carboxylic acids is 3. The maximum Gasteiger partial charge on any atom is 0.388 e. The van der Waals surface area contributed by atoms with Crippen LogP contribution < -0.4 is 44.5 Å². The normalized spacial score (nSPS) is 14.7. The molecule has 34 heteroatoms. The van der Waals surface area contributed by atoms with E-state index in [4.69, 9.17) is 65.0 Å². The van der Waals surface area contributed by atoms with E-state index in [1.807, 2.05) is 0 Å².